The van der Waals surface area contributed by atoms with Crippen LogP contribution in [0.25, 0.3) is 32.7 Å². The van der Waals surface area contributed by atoms with Gasteiger partial charge in [-0.2, -0.15) is 0 Å². The molecule has 64 heavy (non-hydrogen) atoms. The minimum atomic E-state index is -0.961. The van der Waals surface area contributed by atoms with Crippen LogP contribution >= 0.6 is 0 Å². The molecule has 0 aliphatic heterocycles. The monoisotopic (exact) mass is 840 g/mol. The fourth-order valence-electron chi connectivity index (χ4n) is 10.7. The molecule has 0 radical (unpaired) electrons. The van der Waals surface area contributed by atoms with Crippen LogP contribution in [0.15, 0.2) is 194 Å². The number of hydrogen-bond acceptors (Lipinski definition) is 4. The summed E-state index contributed by atoms with van der Waals surface area (Å²) in [5, 5.41) is 31.3. The van der Waals surface area contributed by atoms with Gasteiger partial charge in [0, 0.05) is 45.8 Å². The Kier molecular flexibility index (Phi) is 10.6. The van der Waals surface area contributed by atoms with Crippen LogP contribution in [-0.2, 0) is 19.2 Å². The lowest BCUT2D eigenvalue weighted by Crippen LogP contribution is -2.52. The molecule has 2 aliphatic carbocycles. The second-order valence-corrected chi connectivity index (χ2v) is 17.0. The van der Waals surface area contributed by atoms with Gasteiger partial charge in [-0.25, -0.2) is 0 Å². The Balaban J connectivity index is 0.984. The van der Waals surface area contributed by atoms with Crippen molar-refractivity contribution < 1.29 is 29.4 Å². The van der Waals surface area contributed by atoms with Crippen molar-refractivity contribution in [3.05, 3.63) is 216 Å². The summed E-state index contributed by atoms with van der Waals surface area (Å²) >= 11 is 0. The van der Waals surface area contributed by atoms with Crippen LogP contribution < -0.4 is 10.6 Å². The molecule has 8 nitrogen and oxygen atoms in total. The van der Waals surface area contributed by atoms with Crippen molar-refractivity contribution in [1.82, 2.24) is 0 Å². The zero-order valence-corrected chi connectivity index (χ0v) is 34.6. The molecule has 0 bridgehead atoms. The van der Waals surface area contributed by atoms with E-state index in [1.165, 1.54) is 0 Å². The molecule has 2 amide bonds. The second-order valence-electron chi connectivity index (χ2n) is 17.0. The summed E-state index contributed by atoms with van der Waals surface area (Å²) in [6.45, 7) is 0. The molecule has 0 unspecified atom stereocenters. The van der Waals surface area contributed by atoms with Crippen molar-refractivity contribution in [2.24, 2.45) is 23.7 Å². The van der Waals surface area contributed by atoms with Crippen molar-refractivity contribution in [2.45, 2.75) is 23.7 Å². The van der Waals surface area contributed by atoms with Gasteiger partial charge in [0.25, 0.3) is 0 Å². The topological polar surface area (TPSA) is 133 Å². The number of hydrogen-bond donors (Lipinski definition) is 4. The number of aliphatic carboxylic acids is 2. The highest BCUT2D eigenvalue weighted by Crippen LogP contribution is 2.59. The number of carbonyl (C=O) groups is 4. The molecule has 2 aliphatic rings. The zero-order chi connectivity index (χ0) is 43.9. The van der Waals surface area contributed by atoms with E-state index in [-0.39, 0.29) is 11.8 Å². The average Bonchev–Trinajstić information content (AvgIpc) is 3.29. The molecule has 0 aromatic heterocycles. The molecule has 0 heterocycles. The third-order valence-corrected chi connectivity index (χ3v) is 13.6. The number of amides is 2. The number of benzene rings is 8. The van der Waals surface area contributed by atoms with Crippen molar-refractivity contribution in [3.8, 4) is 11.1 Å². The highest BCUT2D eigenvalue weighted by atomic mass is 16.4. The van der Waals surface area contributed by atoms with E-state index in [0.29, 0.717) is 11.4 Å². The minimum Gasteiger partial charge on any atom is -0.481 e. The Labute approximate surface area is 370 Å². The smallest absolute Gasteiger partial charge is 0.307 e. The Bertz CT molecular complexity index is 2990. The number of fused-ring (bicyclic) bond motifs is 2. The molecule has 8 heteroatoms. The lowest BCUT2D eigenvalue weighted by Gasteiger charge is -2.49. The van der Waals surface area contributed by atoms with Crippen LogP contribution in [-0.4, -0.2) is 34.0 Å². The first-order valence-corrected chi connectivity index (χ1v) is 21.6. The lowest BCUT2D eigenvalue weighted by molar-refractivity contribution is -0.153. The van der Waals surface area contributed by atoms with Crippen molar-refractivity contribution in [2.75, 3.05) is 10.6 Å². The SMILES string of the molecule is O=C(O)[C@@H]1[C@H](c2ccccc2)[C@@H](C(=O)Nc2cccc3ccccc23)[C@H]1c1ccc(-c2cc(NC(=O)[C@H]3[C@H](c4ccccc4)[C@H](C(=O)O)[C@H]3c3ccccc3)c3ccccc3c2)cc1. The van der Waals surface area contributed by atoms with Crippen LogP contribution in [0.2, 0.25) is 0 Å². The Morgan fingerprint density at radius 2 is 0.734 bits per heavy atom. The number of anilines is 2. The molecule has 0 spiro atoms. The summed E-state index contributed by atoms with van der Waals surface area (Å²) in [6, 6.07) is 61.4. The van der Waals surface area contributed by atoms with E-state index in [9.17, 15) is 29.4 Å². The van der Waals surface area contributed by atoms with Gasteiger partial charge >= 0.3 is 11.9 Å². The fourth-order valence-corrected chi connectivity index (χ4v) is 10.7. The summed E-state index contributed by atoms with van der Waals surface area (Å²) in [7, 11) is 0. The van der Waals surface area contributed by atoms with Gasteiger partial charge in [0.05, 0.1) is 23.7 Å². The van der Waals surface area contributed by atoms with Crippen molar-refractivity contribution >= 4 is 56.7 Å². The number of carboxylic acid groups (broad SMARTS) is 2. The molecular formula is C56H44N2O6. The predicted molar refractivity (Wildman–Crippen MR) is 250 cm³/mol. The van der Waals surface area contributed by atoms with E-state index in [2.05, 4.69) is 16.7 Å². The van der Waals surface area contributed by atoms with Gasteiger partial charge in [0.15, 0.2) is 0 Å². The highest BCUT2D eigenvalue weighted by molar-refractivity contribution is 6.07. The molecule has 8 aromatic rings. The Morgan fingerprint density at radius 1 is 0.344 bits per heavy atom. The van der Waals surface area contributed by atoms with Gasteiger partial charge in [-0.05, 0) is 62.4 Å². The molecule has 314 valence electrons. The van der Waals surface area contributed by atoms with Crippen LogP contribution in [0.4, 0.5) is 11.4 Å². The lowest BCUT2D eigenvalue weighted by atomic mass is 9.52. The zero-order valence-electron chi connectivity index (χ0n) is 34.6. The summed E-state index contributed by atoms with van der Waals surface area (Å²) in [5.41, 5.74) is 6.10. The van der Waals surface area contributed by atoms with Gasteiger partial charge in [0.1, 0.15) is 0 Å². The van der Waals surface area contributed by atoms with Crippen LogP contribution in [0, 0.1) is 23.7 Å². The van der Waals surface area contributed by atoms with E-state index in [0.717, 1.165) is 54.9 Å². The minimum absolute atomic E-state index is 0.239. The van der Waals surface area contributed by atoms with Gasteiger partial charge < -0.3 is 20.8 Å². The molecule has 8 aromatic carbocycles. The fraction of sp³-hybridized carbons (Fsp3) is 0.143. The van der Waals surface area contributed by atoms with Crippen molar-refractivity contribution in [1.29, 1.82) is 0 Å². The number of nitrogens with one attached hydrogen (secondary N) is 2. The number of rotatable bonds is 11. The number of carboxylic acids is 2. The maximum atomic E-state index is 14.7. The predicted octanol–water partition coefficient (Wildman–Crippen LogP) is 11.3. The van der Waals surface area contributed by atoms with E-state index in [1.54, 1.807) is 0 Å². The van der Waals surface area contributed by atoms with Gasteiger partial charge in [-0.1, -0.05) is 176 Å². The third-order valence-electron chi connectivity index (χ3n) is 13.6. The highest BCUT2D eigenvalue weighted by Gasteiger charge is 2.59. The maximum absolute atomic E-state index is 14.7. The van der Waals surface area contributed by atoms with E-state index >= 15 is 0 Å². The van der Waals surface area contributed by atoms with E-state index in [4.69, 9.17) is 0 Å². The van der Waals surface area contributed by atoms with Gasteiger partial charge in [0.2, 0.25) is 11.8 Å². The molecule has 4 N–H and O–H groups in total. The van der Waals surface area contributed by atoms with Gasteiger partial charge in [-0.15, -0.1) is 0 Å². The van der Waals surface area contributed by atoms with Gasteiger partial charge in [-0.3, -0.25) is 19.2 Å². The summed E-state index contributed by atoms with van der Waals surface area (Å²) in [6.07, 6.45) is 0. The molecule has 10 rings (SSSR count). The van der Waals surface area contributed by atoms with Crippen molar-refractivity contribution in [3.63, 3.8) is 0 Å². The number of carbonyl (C=O) groups excluding carboxylic acids is 2. The average molecular weight is 841 g/mol. The second kappa shape index (κ2) is 16.8. The Morgan fingerprint density at radius 3 is 1.22 bits per heavy atom. The summed E-state index contributed by atoms with van der Waals surface area (Å²) < 4.78 is 0. The largest absolute Gasteiger partial charge is 0.481 e. The van der Waals surface area contributed by atoms with Crippen LogP contribution in [0.5, 0.6) is 0 Å². The molecule has 2 saturated carbocycles. The molecule has 0 saturated heterocycles. The first kappa shape index (κ1) is 40.2. The van der Waals surface area contributed by atoms with Crippen LogP contribution in [0.1, 0.15) is 45.9 Å². The first-order valence-electron chi connectivity index (χ1n) is 21.6. The van der Waals surface area contributed by atoms with E-state index < -0.39 is 59.3 Å². The maximum Gasteiger partial charge on any atom is 0.307 e. The Hall–Kier alpha value is -7.84. The first-order chi connectivity index (χ1) is 31.3. The summed E-state index contributed by atoms with van der Waals surface area (Å²) in [5.74, 6) is -7.57. The molecule has 2 fully saturated rings. The van der Waals surface area contributed by atoms with Crippen LogP contribution in [0.3, 0.4) is 0 Å². The quantitative estimate of drug-likeness (QED) is 0.102. The molecule has 6 atom stereocenters. The standard InChI is InChI=1S/C56H44N2O6/c59-53(57-43-26-14-23-34-15-10-12-24-41(34)43)50-47(37-20-8-3-9-21-37)52(56(63)64)48(50)38-29-27-33(28-30-38)40-31-39-22-11-13-25-42(39)44(32-40)58-54(60)49-45(35-16-4-1-5-17-35)51(55(61)62)46(49)36-18-6-2-7-19-36/h1-32,45-52H,(H,57,59)(H,58,60)(H,61,62)(H,63,64)/t45-,46-,47+,48+,49-,50+,51-,52+/m0/s1. The summed E-state index contributed by atoms with van der Waals surface area (Å²) in [4.78, 5) is 55.1. The normalized spacial score (nSPS) is 22.4. The molecular weight excluding hydrogens is 797 g/mol. The van der Waals surface area contributed by atoms with E-state index in [1.807, 2.05) is 188 Å². The third kappa shape index (κ3) is 7.16.